The van der Waals surface area contributed by atoms with Gasteiger partial charge in [0.05, 0.1) is 17.0 Å². The third-order valence-electron chi connectivity index (χ3n) is 3.66. The predicted molar refractivity (Wildman–Crippen MR) is 69.3 cm³/mol. The Kier molecular flexibility index (Phi) is 3.82. The number of fused-ring (bicyclic) bond motifs is 1. The van der Waals surface area contributed by atoms with Crippen molar-refractivity contribution >= 4 is 15.9 Å². The fraction of sp³-hybridized carbons (Fsp3) is 0.909. The van der Waals surface area contributed by atoms with Crippen molar-refractivity contribution < 1.29 is 13.2 Å². The Balaban J connectivity index is 1.93. The fourth-order valence-electron chi connectivity index (χ4n) is 2.35. The first-order chi connectivity index (χ1) is 8.42. The third kappa shape index (κ3) is 2.61. The van der Waals surface area contributed by atoms with Crippen LogP contribution in [0.3, 0.4) is 0 Å². The molecule has 0 aliphatic carbocycles. The van der Waals surface area contributed by atoms with Crippen LogP contribution in [-0.4, -0.2) is 74.0 Å². The van der Waals surface area contributed by atoms with E-state index in [-0.39, 0.29) is 23.1 Å². The summed E-state index contributed by atoms with van der Waals surface area (Å²) in [5.41, 5.74) is 0. The molecule has 0 aromatic carbocycles. The van der Waals surface area contributed by atoms with Crippen LogP contribution >= 0.6 is 0 Å². The molecule has 0 saturated carbocycles. The van der Waals surface area contributed by atoms with Gasteiger partial charge in [-0.3, -0.25) is 0 Å². The first-order valence-electron chi connectivity index (χ1n) is 6.39. The zero-order chi connectivity index (χ0) is 13.3. The molecule has 18 heavy (non-hydrogen) atoms. The van der Waals surface area contributed by atoms with Crippen molar-refractivity contribution in [3.63, 3.8) is 0 Å². The van der Waals surface area contributed by atoms with Gasteiger partial charge in [-0.15, -0.1) is 0 Å². The van der Waals surface area contributed by atoms with Gasteiger partial charge in [0.15, 0.2) is 9.84 Å². The van der Waals surface area contributed by atoms with E-state index in [1.54, 1.807) is 18.7 Å². The molecule has 7 heteroatoms. The normalized spacial score (nSPS) is 24.8. The van der Waals surface area contributed by atoms with Gasteiger partial charge in [0.1, 0.15) is 0 Å². The number of piperazine rings is 1. The molecule has 0 aromatic heterocycles. The first kappa shape index (κ1) is 13.6. The summed E-state index contributed by atoms with van der Waals surface area (Å²) in [5, 5.41) is 2.87. The zero-order valence-corrected chi connectivity index (χ0v) is 11.7. The largest absolute Gasteiger partial charge is 0.322 e. The minimum Gasteiger partial charge on any atom is -0.322 e. The van der Waals surface area contributed by atoms with Crippen LogP contribution in [0.15, 0.2) is 0 Å². The average molecular weight is 275 g/mol. The number of hydrogen-bond acceptors (Lipinski definition) is 4. The van der Waals surface area contributed by atoms with Gasteiger partial charge in [0, 0.05) is 32.7 Å². The molecule has 1 N–H and O–H groups in total. The third-order valence-corrected chi connectivity index (χ3v) is 5.85. The first-order valence-corrected chi connectivity index (χ1v) is 8.11. The number of amides is 2. The number of urea groups is 1. The van der Waals surface area contributed by atoms with Gasteiger partial charge >= 0.3 is 6.03 Å². The lowest BCUT2D eigenvalue weighted by Crippen LogP contribution is -2.49. The summed E-state index contributed by atoms with van der Waals surface area (Å²) in [5.74, 6) is 0.0599. The highest BCUT2D eigenvalue weighted by atomic mass is 32.2. The minimum atomic E-state index is -3.07. The van der Waals surface area contributed by atoms with E-state index in [0.29, 0.717) is 13.1 Å². The molecule has 0 radical (unpaired) electrons. The molecule has 0 bridgehead atoms. The highest BCUT2D eigenvalue weighted by Crippen LogP contribution is 2.17. The van der Waals surface area contributed by atoms with Crippen LogP contribution in [0.1, 0.15) is 13.8 Å². The van der Waals surface area contributed by atoms with Crippen molar-refractivity contribution in [2.75, 3.05) is 38.5 Å². The van der Waals surface area contributed by atoms with E-state index >= 15 is 0 Å². The number of sulfone groups is 1. The van der Waals surface area contributed by atoms with Crippen molar-refractivity contribution in [2.45, 2.75) is 25.1 Å². The number of carbonyl (C=O) groups excluding carboxylic acids is 1. The lowest BCUT2D eigenvalue weighted by Gasteiger charge is -2.28. The number of rotatable bonds is 4. The van der Waals surface area contributed by atoms with Crippen molar-refractivity contribution in [1.82, 2.24) is 15.1 Å². The molecule has 0 aromatic rings. The van der Waals surface area contributed by atoms with Crippen molar-refractivity contribution in [2.24, 2.45) is 0 Å². The lowest BCUT2D eigenvalue weighted by atomic mass is 10.2. The van der Waals surface area contributed by atoms with Crippen LogP contribution < -0.4 is 5.32 Å². The molecule has 2 aliphatic rings. The van der Waals surface area contributed by atoms with E-state index in [4.69, 9.17) is 0 Å². The summed E-state index contributed by atoms with van der Waals surface area (Å²) in [6.45, 7) is 6.64. The van der Waals surface area contributed by atoms with Crippen LogP contribution in [0.2, 0.25) is 0 Å². The molecule has 1 unspecified atom stereocenters. The van der Waals surface area contributed by atoms with Gasteiger partial charge in [-0.2, -0.15) is 0 Å². The molecule has 2 heterocycles. The molecule has 2 amide bonds. The average Bonchev–Trinajstić information content (AvgIpc) is 2.64. The fourth-order valence-corrected chi connectivity index (χ4v) is 3.30. The van der Waals surface area contributed by atoms with Gasteiger partial charge in [0.2, 0.25) is 0 Å². The van der Waals surface area contributed by atoms with Gasteiger partial charge in [-0.05, 0) is 13.8 Å². The van der Waals surface area contributed by atoms with E-state index in [0.717, 1.165) is 19.6 Å². The molecule has 2 saturated heterocycles. The van der Waals surface area contributed by atoms with Crippen LogP contribution in [0, 0.1) is 0 Å². The maximum atomic E-state index is 12.1. The molecule has 0 spiro atoms. The topological polar surface area (TPSA) is 69.7 Å². The second-order valence-corrected chi connectivity index (χ2v) is 7.87. The predicted octanol–water partition coefficient (Wildman–Crippen LogP) is -0.481. The minimum absolute atomic E-state index is 0.0135. The zero-order valence-electron chi connectivity index (χ0n) is 10.9. The molecular weight excluding hydrogens is 254 g/mol. The van der Waals surface area contributed by atoms with E-state index < -0.39 is 9.84 Å². The molecule has 104 valence electrons. The number of nitrogens with zero attached hydrogens (tertiary/aromatic N) is 2. The molecule has 2 fully saturated rings. The number of nitrogens with one attached hydrogen (secondary N) is 1. The summed E-state index contributed by atoms with van der Waals surface area (Å²) in [6, 6.07) is 0.188. The van der Waals surface area contributed by atoms with E-state index in [2.05, 4.69) is 5.32 Å². The van der Waals surface area contributed by atoms with E-state index in [1.165, 1.54) is 0 Å². The Hall–Kier alpha value is -0.820. The van der Waals surface area contributed by atoms with Crippen LogP contribution in [0.4, 0.5) is 4.79 Å². The maximum Gasteiger partial charge on any atom is 0.320 e. The number of hydrogen-bond donors (Lipinski definition) is 1. The molecule has 6 nitrogen and oxygen atoms in total. The Morgan fingerprint density at radius 1 is 1.44 bits per heavy atom. The van der Waals surface area contributed by atoms with Crippen molar-refractivity contribution in [3.8, 4) is 0 Å². The standard InChI is InChI=1S/C11H21N3O3S/c1-9(2)18(16,17)6-5-13-8-10-7-12-3-4-14(10)11(13)15/h9-10,12H,3-8H2,1-2H3. The molecule has 2 rings (SSSR count). The van der Waals surface area contributed by atoms with Crippen LogP contribution in [0.25, 0.3) is 0 Å². The van der Waals surface area contributed by atoms with Crippen molar-refractivity contribution in [3.05, 3.63) is 0 Å². The Labute approximate surface area is 108 Å². The molecule has 2 aliphatic heterocycles. The smallest absolute Gasteiger partial charge is 0.320 e. The maximum absolute atomic E-state index is 12.1. The molecule has 1 atom stereocenters. The summed E-state index contributed by atoms with van der Waals surface area (Å²) in [4.78, 5) is 15.6. The van der Waals surface area contributed by atoms with Crippen LogP contribution in [-0.2, 0) is 9.84 Å². The van der Waals surface area contributed by atoms with Gasteiger partial charge in [-0.25, -0.2) is 13.2 Å². The second-order valence-electron chi connectivity index (χ2n) is 5.20. The second kappa shape index (κ2) is 5.05. The molecular formula is C11H21N3O3S. The van der Waals surface area contributed by atoms with E-state index in [9.17, 15) is 13.2 Å². The van der Waals surface area contributed by atoms with Crippen molar-refractivity contribution in [1.29, 1.82) is 0 Å². The van der Waals surface area contributed by atoms with Gasteiger partial charge < -0.3 is 15.1 Å². The lowest BCUT2D eigenvalue weighted by molar-refractivity contribution is 0.180. The highest BCUT2D eigenvalue weighted by molar-refractivity contribution is 7.92. The van der Waals surface area contributed by atoms with Gasteiger partial charge in [-0.1, -0.05) is 0 Å². The SMILES string of the molecule is CC(C)S(=O)(=O)CCN1CC2CNCCN2C1=O. The summed E-state index contributed by atoms with van der Waals surface area (Å²) in [6.07, 6.45) is 0. The van der Waals surface area contributed by atoms with Crippen LogP contribution in [0.5, 0.6) is 0 Å². The van der Waals surface area contributed by atoms with Gasteiger partial charge in [0.25, 0.3) is 0 Å². The summed E-state index contributed by atoms with van der Waals surface area (Å²) in [7, 11) is -3.07. The Bertz CT molecular complexity index is 421. The monoisotopic (exact) mass is 275 g/mol. The summed E-state index contributed by atoms with van der Waals surface area (Å²) < 4.78 is 23.5. The highest BCUT2D eigenvalue weighted by Gasteiger charge is 2.38. The van der Waals surface area contributed by atoms with E-state index in [1.807, 2.05) is 4.90 Å². The quantitative estimate of drug-likeness (QED) is 0.752. The Morgan fingerprint density at radius 3 is 2.78 bits per heavy atom. The Morgan fingerprint density at radius 2 is 2.17 bits per heavy atom. The number of carbonyl (C=O) groups is 1. The summed E-state index contributed by atoms with van der Waals surface area (Å²) >= 11 is 0.